The lowest BCUT2D eigenvalue weighted by atomic mass is 10.0. The molecule has 0 aromatic heterocycles. The first-order valence-corrected chi connectivity index (χ1v) is 6.50. The van der Waals surface area contributed by atoms with Gasteiger partial charge in [0.15, 0.2) is 0 Å². The van der Waals surface area contributed by atoms with Crippen LogP contribution in [0.2, 0.25) is 0 Å². The standard InChI is InChI=1S/C13H27NO2/c1-5-12(2)16-9-6-7-14-8-10-15-11-13(14,3)4/h12H,5-11H2,1-4H3. The quantitative estimate of drug-likeness (QED) is 0.652. The SMILES string of the molecule is CCC(C)OCCCN1CCOCC1(C)C. The lowest BCUT2D eigenvalue weighted by Gasteiger charge is -2.42. The van der Waals surface area contributed by atoms with E-state index < -0.39 is 0 Å². The van der Waals surface area contributed by atoms with Gasteiger partial charge in [-0.3, -0.25) is 4.90 Å². The molecule has 0 bridgehead atoms. The minimum absolute atomic E-state index is 0.189. The largest absolute Gasteiger partial charge is 0.378 e. The van der Waals surface area contributed by atoms with Gasteiger partial charge in [0.2, 0.25) is 0 Å². The lowest BCUT2D eigenvalue weighted by molar-refractivity contribution is -0.0550. The molecule has 3 heteroatoms. The molecule has 0 radical (unpaired) electrons. The first-order valence-electron chi connectivity index (χ1n) is 6.50. The van der Waals surface area contributed by atoms with E-state index in [-0.39, 0.29) is 5.54 Å². The summed E-state index contributed by atoms with van der Waals surface area (Å²) in [5.74, 6) is 0. The molecule has 1 rings (SSSR count). The molecule has 1 fully saturated rings. The average molecular weight is 229 g/mol. The van der Waals surface area contributed by atoms with Crippen molar-refractivity contribution in [1.82, 2.24) is 4.90 Å². The van der Waals surface area contributed by atoms with Crippen LogP contribution in [0.25, 0.3) is 0 Å². The fourth-order valence-electron chi connectivity index (χ4n) is 1.96. The third-order valence-electron chi connectivity index (χ3n) is 3.37. The first kappa shape index (κ1) is 13.9. The van der Waals surface area contributed by atoms with E-state index in [2.05, 4.69) is 32.6 Å². The van der Waals surface area contributed by atoms with Gasteiger partial charge in [0.25, 0.3) is 0 Å². The molecule has 1 aliphatic rings. The molecule has 1 unspecified atom stereocenters. The number of hydrogen-bond donors (Lipinski definition) is 0. The van der Waals surface area contributed by atoms with Gasteiger partial charge >= 0.3 is 0 Å². The number of morpholine rings is 1. The van der Waals surface area contributed by atoms with Crippen LogP contribution in [-0.2, 0) is 9.47 Å². The molecule has 0 aromatic carbocycles. The summed E-state index contributed by atoms with van der Waals surface area (Å²) >= 11 is 0. The van der Waals surface area contributed by atoms with Crippen LogP contribution < -0.4 is 0 Å². The van der Waals surface area contributed by atoms with E-state index in [9.17, 15) is 0 Å². The summed E-state index contributed by atoms with van der Waals surface area (Å²) in [5, 5.41) is 0. The average Bonchev–Trinajstić information content (AvgIpc) is 2.25. The van der Waals surface area contributed by atoms with E-state index in [0.717, 1.165) is 45.8 Å². The van der Waals surface area contributed by atoms with Crippen LogP contribution in [-0.4, -0.2) is 49.5 Å². The van der Waals surface area contributed by atoms with E-state index in [1.54, 1.807) is 0 Å². The van der Waals surface area contributed by atoms with E-state index in [1.807, 2.05) is 0 Å². The molecule has 1 saturated heterocycles. The van der Waals surface area contributed by atoms with Crippen LogP contribution in [0.5, 0.6) is 0 Å². The molecule has 96 valence electrons. The van der Waals surface area contributed by atoms with Crippen LogP contribution >= 0.6 is 0 Å². The van der Waals surface area contributed by atoms with Gasteiger partial charge < -0.3 is 9.47 Å². The summed E-state index contributed by atoms with van der Waals surface area (Å²) in [4.78, 5) is 2.51. The second-order valence-corrected chi connectivity index (χ2v) is 5.30. The fourth-order valence-corrected chi connectivity index (χ4v) is 1.96. The highest BCUT2D eigenvalue weighted by atomic mass is 16.5. The van der Waals surface area contributed by atoms with Gasteiger partial charge in [0, 0.05) is 25.2 Å². The highest BCUT2D eigenvalue weighted by Crippen LogP contribution is 2.18. The first-order chi connectivity index (χ1) is 7.56. The molecule has 1 aliphatic heterocycles. The van der Waals surface area contributed by atoms with E-state index in [1.165, 1.54) is 0 Å². The monoisotopic (exact) mass is 229 g/mol. The van der Waals surface area contributed by atoms with Crippen molar-refractivity contribution in [3.05, 3.63) is 0 Å². The van der Waals surface area contributed by atoms with Gasteiger partial charge in [0.1, 0.15) is 0 Å². The van der Waals surface area contributed by atoms with Crippen molar-refractivity contribution < 1.29 is 9.47 Å². The van der Waals surface area contributed by atoms with Crippen molar-refractivity contribution in [2.75, 3.05) is 32.9 Å². The maximum Gasteiger partial charge on any atom is 0.0645 e. The molecule has 0 N–H and O–H groups in total. The Morgan fingerprint density at radius 3 is 2.81 bits per heavy atom. The van der Waals surface area contributed by atoms with Crippen LogP contribution in [0, 0.1) is 0 Å². The Bertz CT molecular complexity index is 194. The van der Waals surface area contributed by atoms with Crippen molar-refractivity contribution >= 4 is 0 Å². The topological polar surface area (TPSA) is 21.7 Å². The highest BCUT2D eigenvalue weighted by Gasteiger charge is 2.29. The smallest absolute Gasteiger partial charge is 0.0645 e. The molecule has 0 spiro atoms. The third-order valence-corrected chi connectivity index (χ3v) is 3.37. The summed E-state index contributed by atoms with van der Waals surface area (Å²) in [6.07, 6.45) is 2.62. The normalized spacial score (nSPS) is 23.2. The Morgan fingerprint density at radius 2 is 2.19 bits per heavy atom. The molecule has 0 aromatic rings. The van der Waals surface area contributed by atoms with E-state index in [0.29, 0.717) is 6.10 Å². The van der Waals surface area contributed by atoms with Crippen LogP contribution in [0.15, 0.2) is 0 Å². The molecular weight excluding hydrogens is 202 g/mol. The number of rotatable bonds is 6. The summed E-state index contributed by atoms with van der Waals surface area (Å²) in [6, 6.07) is 0. The summed E-state index contributed by atoms with van der Waals surface area (Å²) in [7, 11) is 0. The Kier molecular flexibility index (Phi) is 5.73. The van der Waals surface area contributed by atoms with Crippen molar-refractivity contribution in [2.24, 2.45) is 0 Å². The zero-order chi connectivity index (χ0) is 12.0. The van der Waals surface area contributed by atoms with Crippen molar-refractivity contribution in [3.63, 3.8) is 0 Å². The predicted molar refractivity (Wildman–Crippen MR) is 66.8 cm³/mol. The number of hydrogen-bond acceptors (Lipinski definition) is 3. The Hall–Kier alpha value is -0.120. The molecule has 0 aliphatic carbocycles. The molecule has 0 saturated carbocycles. The van der Waals surface area contributed by atoms with Crippen LogP contribution in [0.3, 0.4) is 0 Å². The van der Waals surface area contributed by atoms with Crippen LogP contribution in [0.1, 0.15) is 40.5 Å². The second-order valence-electron chi connectivity index (χ2n) is 5.30. The maximum absolute atomic E-state index is 5.69. The van der Waals surface area contributed by atoms with Crippen LogP contribution in [0.4, 0.5) is 0 Å². The molecule has 1 atom stereocenters. The molecular formula is C13H27NO2. The third kappa shape index (κ3) is 4.40. The molecule has 16 heavy (non-hydrogen) atoms. The predicted octanol–water partition coefficient (Wildman–Crippen LogP) is 2.30. The van der Waals surface area contributed by atoms with E-state index in [4.69, 9.17) is 9.47 Å². The van der Waals surface area contributed by atoms with Crippen molar-refractivity contribution in [3.8, 4) is 0 Å². The maximum atomic E-state index is 5.69. The minimum atomic E-state index is 0.189. The van der Waals surface area contributed by atoms with Gasteiger partial charge in [-0.2, -0.15) is 0 Å². The molecule has 0 amide bonds. The minimum Gasteiger partial charge on any atom is -0.378 e. The summed E-state index contributed by atoms with van der Waals surface area (Å²) in [6.45, 7) is 13.6. The Balaban J connectivity index is 2.16. The second kappa shape index (κ2) is 6.58. The Morgan fingerprint density at radius 1 is 1.44 bits per heavy atom. The summed E-state index contributed by atoms with van der Waals surface area (Å²) in [5.41, 5.74) is 0.189. The lowest BCUT2D eigenvalue weighted by Crippen LogP contribution is -2.53. The van der Waals surface area contributed by atoms with Crippen molar-refractivity contribution in [2.45, 2.75) is 52.2 Å². The molecule has 1 heterocycles. The fraction of sp³-hybridized carbons (Fsp3) is 1.00. The highest BCUT2D eigenvalue weighted by molar-refractivity contribution is 4.84. The van der Waals surface area contributed by atoms with Gasteiger partial charge in [-0.15, -0.1) is 0 Å². The molecule has 3 nitrogen and oxygen atoms in total. The number of ether oxygens (including phenoxy) is 2. The van der Waals surface area contributed by atoms with Gasteiger partial charge in [-0.25, -0.2) is 0 Å². The zero-order valence-electron chi connectivity index (χ0n) is 11.3. The summed E-state index contributed by atoms with van der Waals surface area (Å²) < 4.78 is 11.2. The Labute approximate surface area is 100 Å². The zero-order valence-corrected chi connectivity index (χ0v) is 11.3. The van der Waals surface area contributed by atoms with Gasteiger partial charge in [-0.1, -0.05) is 6.92 Å². The number of nitrogens with zero attached hydrogens (tertiary/aromatic N) is 1. The van der Waals surface area contributed by atoms with Gasteiger partial charge in [0.05, 0.1) is 19.3 Å². The van der Waals surface area contributed by atoms with E-state index >= 15 is 0 Å². The van der Waals surface area contributed by atoms with Crippen molar-refractivity contribution in [1.29, 1.82) is 0 Å². The van der Waals surface area contributed by atoms with Gasteiger partial charge in [-0.05, 0) is 33.6 Å².